The van der Waals surface area contributed by atoms with Crippen LogP contribution in [0, 0.1) is 5.92 Å². The molecule has 0 aromatic heterocycles. The minimum Gasteiger partial charge on any atom is -0.341 e. The van der Waals surface area contributed by atoms with E-state index in [0.29, 0.717) is 32.6 Å². The maximum Gasteiger partial charge on any atom is 0.227 e. The zero-order valence-corrected chi connectivity index (χ0v) is 17.2. The normalized spacial score (nSPS) is 16.8. The molecule has 5 heteroatoms. The molecule has 0 radical (unpaired) electrons. The van der Waals surface area contributed by atoms with Crippen LogP contribution in [0.1, 0.15) is 36.9 Å². The minimum atomic E-state index is -0.324. The SMILES string of the molecule is CC(C(=O)N1CCCN(C(=O)CCc2ccccc2)CC1)C(N)c1ccccc1. The van der Waals surface area contributed by atoms with Crippen LogP contribution in [-0.2, 0) is 16.0 Å². The van der Waals surface area contributed by atoms with Crippen molar-refractivity contribution < 1.29 is 9.59 Å². The summed E-state index contributed by atoms with van der Waals surface area (Å²) in [6.07, 6.45) is 2.06. The number of benzene rings is 2. The fraction of sp³-hybridized carbons (Fsp3) is 0.417. The number of hydrogen-bond donors (Lipinski definition) is 1. The summed E-state index contributed by atoms with van der Waals surface area (Å²) in [6, 6.07) is 19.5. The van der Waals surface area contributed by atoms with Crippen molar-refractivity contribution in [1.82, 2.24) is 9.80 Å². The molecule has 2 aromatic carbocycles. The first kappa shape index (κ1) is 21.1. The van der Waals surface area contributed by atoms with Crippen LogP contribution in [0.3, 0.4) is 0 Å². The third kappa shape index (κ3) is 5.67. The molecule has 3 rings (SSSR count). The first-order chi connectivity index (χ1) is 14.1. The largest absolute Gasteiger partial charge is 0.341 e. The van der Waals surface area contributed by atoms with E-state index in [1.54, 1.807) is 0 Å². The van der Waals surface area contributed by atoms with Crippen LogP contribution >= 0.6 is 0 Å². The van der Waals surface area contributed by atoms with Gasteiger partial charge in [0.25, 0.3) is 0 Å². The molecule has 0 bridgehead atoms. The summed E-state index contributed by atoms with van der Waals surface area (Å²) in [5, 5.41) is 0. The van der Waals surface area contributed by atoms with E-state index in [1.165, 1.54) is 5.56 Å². The van der Waals surface area contributed by atoms with Gasteiger partial charge in [0.05, 0.1) is 5.92 Å². The van der Waals surface area contributed by atoms with Gasteiger partial charge in [0.2, 0.25) is 11.8 Å². The molecule has 1 aliphatic rings. The highest BCUT2D eigenvalue weighted by molar-refractivity contribution is 5.80. The summed E-state index contributed by atoms with van der Waals surface area (Å²) in [4.78, 5) is 29.4. The van der Waals surface area contributed by atoms with Crippen molar-refractivity contribution in [1.29, 1.82) is 0 Å². The molecule has 0 saturated carbocycles. The maximum absolute atomic E-state index is 13.0. The molecular formula is C24H31N3O2. The predicted molar refractivity (Wildman–Crippen MR) is 115 cm³/mol. The standard InChI is InChI=1S/C24H31N3O2/c1-19(23(25)21-11-6-3-7-12-21)24(29)27-16-8-15-26(17-18-27)22(28)14-13-20-9-4-2-5-10-20/h2-7,9-12,19,23H,8,13-18,25H2,1H3. The minimum absolute atomic E-state index is 0.0694. The lowest BCUT2D eigenvalue weighted by Crippen LogP contribution is -2.42. The van der Waals surface area contributed by atoms with Gasteiger partial charge in [-0.15, -0.1) is 0 Å². The highest BCUT2D eigenvalue weighted by Gasteiger charge is 2.28. The van der Waals surface area contributed by atoms with Crippen molar-refractivity contribution in [2.45, 2.75) is 32.2 Å². The van der Waals surface area contributed by atoms with Crippen LogP contribution in [-0.4, -0.2) is 47.8 Å². The summed E-state index contributed by atoms with van der Waals surface area (Å²) < 4.78 is 0. The lowest BCUT2D eigenvalue weighted by Gasteiger charge is -2.27. The maximum atomic E-state index is 13.0. The Bertz CT molecular complexity index is 794. The van der Waals surface area contributed by atoms with E-state index in [2.05, 4.69) is 0 Å². The van der Waals surface area contributed by atoms with Gasteiger partial charge < -0.3 is 15.5 Å². The van der Waals surface area contributed by atoms with Crippen molar-refractivity contribution in [2.24, 2.45) is 11.7 Å². The number of hydrogen-bond acceptors (Lipinski definition) is 3. The quantitative estimate of drug-likeness (QED) is 0.820. The molecule has 1 fully saturated rings. The molecule has 0 aliphatic carbocycles. The number of aryl methyl sites for hydroxylation is 1. The molecule has 2 unspecified atom stereocenters. The molecule has 2 N–H and O–H groups in total. The number of nitrogens with zero attached hydrogens (tertiary/aromatic N) is 2. The first-order valence-electron chi connectivity index (χ1n) is 10.5. The van der Waals surface area contributed by atoms with Gasteiger partial charge in [-0.25, -0.2) is 0 Å². The van der Waals surface area contributed by atoms with E-state index < -0.39 is 0 Å². The third-order valence-corrected chi connectivity index (χ3v) is 5.74. The zero-order valence-electron chi connectivity index (χ0n) is 17.2. The van der Waals surface area contributed by atoms with E-state index >= 15 is 0 Å². The molecular weight excluding hydrogens is 362 g/mol. The number of carbonyl (C=O) groups excluding carboxylic acids is 2. The number of nitrogens with two attached hydrogens (primary N) is 1. The lowest BCUT2D eigenvalue weighted by atomic mass is 9.94. The Morgan fingerprint density at radius 1 is 0.897 bits per heavy atom. The van der Waals surface area contributed by atoms with Crippen LogP contribution in [0.25, 0.3) is 0 Å². The monoisotopic (exact) mass is 393 g/mol. The summed E-state index contributed by atoms with van der Waals surface area (Å²) in [7, 11) is 0. The van der Waals surface area contributed by atoms with E-state index in [1.807, 2.05) is 77.4 Å². The van der Waals surface area contributed by atoms with Crippen LogP contribution < -0.4 is 5.73 Å². The van der Waals surface area contributed by atoms with E-state index in [9.17, 15) is 9.59 Å². The molecule has 1 aliphatic heterocycles. The van der Waals surface area contributed by atoms with Crippen molar-refractivity contribution in [3.63, 3.8) is 0 Å². The Morgan fingerprint density at radius 2 is 1.48 bits per heavy atom. The average molecular weight is 394 g/mol. The number of carbonyl (C=O) groups is 2. The van der Waals surface area contributed by atoms with Gasteiger partial charge >= 0.3 is 0 Å². The number of rotatable bonds is 6. The molecule has 1 saturated heterocycles. The molecule has 5 nitrogen and oxygen atoms in total. The van der Waals surface area contributed by atoms with E-state index in [-0.39, 0.29) is 23.8 Å². The van der Waals surface area contributed by atoms with Crippen LogP contribution in [0.15, 0.2) is 60.7 Å². The van der Waals surface area contributed by atoms with E-state index in [0.717, 1.165) is 18.4 Å². The second-order valence-corrected chi connectivity index (χ2v) is 7.77. The van der Waals surface area contributed by atoms with Crippen molar-refractivity contribution in [3.05, 3.63) is 71.8 Å². The molecule has 2 aromatic rings. The van der Waals surface area contributed by atoms with Gasteiger partial charge in [0.15, 0.2) is 0 Å². The van der Waals surface area contributed by atoms with Crippen LogP contribution in [0.4, 0.5) is 0 Å². The van der Waals surface area contributed by atoms with Gasteiger partial charge in [-0.2, -0.15) is 0 Å². The van der Waals surface area contributed by atoms with Gasteiger partial charge in [0, 0.05) is 38.6 Å². The second-order valence-electron chi connectivity index (χ2n) is 7.77. The fourth-order valence-electron chi connectivity index (χ4n) is 3.85. The van der Waals surface area contributed by atoms with Crippen molar-refractivity contribution >= 4 is 11.8 Å². The topological polar surface area (TPSA) is 66.6 Å². The number of amides is 2. The molecule has 29 heavy (non-hydrogen) atoms. The Kier molecular flexibility index (Phi) is 7.42. The van der Waals surface area contributed by atoms with Gasteiger partial charge in [0.1, 0.15) is 0 Å². The first-order valence-corrected chi connectivity index (χ1v) is 10.5. The summed E-state index contributed by atoms with van der Waals surface area (Å²) >= 11 is 0. The van der Waals surface area contributed by atoms with Crippen LogP contribution in [0.2, 0.25) is 0 Å². The summed E-state index contributed by atoms with van der Waals surface area (Å²) in [5.74, 6) is -0.0603. The highest BCUT2D eigenvalue weighted by atomic mass is 16.2. The van der Waals surface area contributed by atoms with E-state index in [4.69, 9.17) is 5.73 Å². The van der Waals surface area contributed by atoms with Crippen LogP contribution in [0.5, 0.6) is 0 Å². The Labute approximate surface area is 173 Å². The molecule has 0 spiro atoms. The molecule has 2 atom stereocenters. The molecule has 154 valence electrons. The average Bonchev–Trinajstić information content (AvgIpc) is 3.03. The molecule has 1 heterocycles. The zero-order chi connectivity index (χ0) is 20.6. The predicted octanol–water partition coefficient (Wildman–Crippen LogP) is 3.02. The van der Waals surface area contributed by atoms with Crippen molar-refractivity contribution in [2.75, 3.05) is 26.2 Å². The smallest absolute Gasteiger partial charge is 0.227 e. The summed E-state index contributed by atoms with van der Waals surface area (Å²) in [5.41, 5.74) is 8.49. The summed E-state index contributed by atoms with van der Waals surface area (Å²) in [6.45, 7) is 4.44. The molecule has 2 amide bonds. The fourth-order valence-corrected chi connectivity index (χ4v) is 3.85. The van der Waals surface area contributed by atoms with Crippen molar-refractivity contribution in [3.8, 4) is 0 Å². The Balaban J connectivity index is 1.52. The van der Waals surface area contributed by atoms with Gasteiger partial charge in [-0.3, -0.25) is 9.59 Å². The van der Waals surface area contributed by atoms with Gasteiger partial charge in [-0.1, -0.05) is 67.6 Å². The highest BCUT2D eigenvalue weighted by Crippen LogP contribution is 2.22. The lowest BCUT2D eigenvalue weighted by molar-refractivity contribution is -0.136. The third-order valence-electron chi connectivity index (χ3n) is 5.74. The Morgan fingerprint density at radius 3 is 2.17 bits per heavy atom. The second kappa shape index (κ2) is 10.2. The van der Waals surface area contributed by atoms with Gasteiger partial charge in [-0.05, 0) is 24.0 Å². The Hall–Kier alpha value is -2.66.